The Balaban J connectivity index is 1.55. The minimum absolute atomic E-state index is 0.0697. The molecule has 2 aliphatic rings. The zero-order chi connectivity index (χ0) is 26.5. The molecule has 0 radical (unpaired) electrons. The molecule has 5 rings (SSSR count). The Labute approximate surface area is 224 Å². The standard InChI is InChI=1S/C31H35N3O4/c1-31(30(37)32-15-16-33-17-19-38-20-18-33)27-10-6-5-9-26(27)29(36)34(21-23-7-3-2-4-8-23)28(31)25-13-11-24(22-35)12-14-25/h2-14,28,35H,15-22H2,1H3,(H,32,37)/t28-,31-/m0/s1. The fourth-order valence-corrected chi connectivity index (χ4v) is 5.70. The Morgan fingerprint density at radius 1 is 0.974 bits per heavy atom. The molecule has 1 saturated heterocycles. The number of nitrogens with one attached hydrogen (secondary N) is 1. The molecule has 2 amide bonds. The molecule has 3 aromatic carbocycles. The van der Waals surface area contributed by atoms with E-state index in [1.807, 2.05) is 90.7 Å². The number of carbonyl (C=O) groups is 2. The SMILES string of the molecule is C[C@]1(C(=O)NCCN2CCOCC2)c2ccccc2C(=O)N(Cc2ccccc2)[C@H]1c1ccc(CO)cc1. The van der Waals surface area contributed by atoms with E-state index in [1.165, 1.54) is 0 Å². The molecule has 0 bridgehead atoms. The molecule has 7 nitrogen and oxygen atoms in total. The highest BCUT2D eigenvalue weighted by atomic mass is 16.5. The summed E-state index contributed by atoms with van der Waals surface area (Å²) >= 11 is 0. The number of rotatable bonds is 8. The number of benzene rings is 3. The van der Waals surface area contributed by atoms with Gasteiger partial charge in [-0.1, -0.05) is 72.8 Å². The summed E-state index contributed by atoms with van der Waals surface area (Å²) < 4.78 is 5.45. The van der Waals surface area contributed by atoms with Crippen molar-refractivity contribution < 1.29 is 19.4 Å². The van der Waals surface area contributed by atoms with Crippen molar-refractivity contribution in [3.63, 3.8) is 0 Å². The van der Waals surface area contributed by atoms with Crippen LogP contribution in [0.5, 0.6) is 0 Å². The summed E-state index contributed by atoms with van der Waals surface area (Å²) in [6, 6.07) is 24.4. The summed E-state index contributed by atoms with van der Waals surface area (Å²) in [6.45, 7) is 6.64. The first-order valence-corrected chi connectivity index (χ1v) is 13.2. The van der Waals surface area contributed by atoms with Gasteiger partial charge < -0.3 is 20.1 Å². The van der Waals surface area contributed by atoms with E-state index in [1.54, 1.807) is 0 Å². The second-order valence-corrected chi connectivity index (χ2v) is 10.2. The fraction of sp³-hybridized carbons (Fsp3) is 0.355. The lowest BCUT2D eigenvalue weighted by atomic mass is 9.67. The van der Waals surface area contributed by atoms with Crippen LogP contribution in [-0.2, 0) is 28.1 Å². The predicted molar refractivity (Wildman–Crippen MR) is 145 cm³/mol. The van der Waals surface area contributed by atoms with Crippen LogP contribution in [0, 0.1) is 0 Å². The Kier molecular flexibility index (Phi) is 7.88. The molecular weight excluding hydrogens is 478 g/mol. The summed E-state index contributed by atoms with van der Waals surface area (Å²) in [5, 5.41) is 12.8. The van der Waals surface area contributed by atoms with Gasteiger partial charge in [0.2, 0.25) is 5.91 Å². The van der Waals surface area contributed by atoms with Gasteiger partial charge in [-0.2, -0.15) is 0 Å². The first kappa shape index (κ1) is 26.1. The molecule has 2 atom stereocenters. The summed E-state index contributed by atoms with van der Waals surface area (Å²) in [5.41, 5.74) is 2.87. The fourth-order valence-electron chi connectivity index (χ4n) is 5.70. The summed E-state index contributed by atoms with van der Waals surface area (Å²) in [7, 11) is 0. The average Bonchev–Trinajstić information content (AvgIpc) is 2.97. The van der Waals surface area contributed by atoms with Gasteiger partial charge in [-0.15, -0.1) is 0 Å². The van der Waals surface area contributed by atoms with Crippen LogP contribution >= 0.6 is 0 Å². The molecule has 2 N–H and O–H groups in total. The van der Waals surface area contributed by atoms with Gasteiger partial charge in [0.1, 0.15) is 0 Å². The summed E-state index contributed by atoms with van der Waals surface area (Å²) in [6.07, 6.45) is 0. The first-order valence-electron chi connectivity index (χ1n) is 13.2. The minimum atomic E-state index is -1.04. The van der Waals surface area contributed by atoms with Crippen LogP contribution in [-0.4, -0.2) is 66.1 Å². The maximum absolute atomic E-state index is 14.2. The van der Waals surface area contributed by atoms with Gasteiger partial charge in [-0.3, -0.25) is 14.5 Å². The van der Waals surface area contributed by atoms with Gasteiger partial charge in [0, 0.05) is 38.3 Å². The van der Waals surface area contributed by atoms with E-state index >= 15 is 0 Å². The number of carbonyl (C=O) groups excluding carboxylic acids is 2. The molecule has 0 spiro atoms. The Morgan fingerprint density at radius 2 is 1.66 bits per heavy atom. The summed E-state index contributed by atoms with van der Waals surface area (Å²) in [5.74, 6) is -0.209. The van der Waals surface area contributed by atoms with E-state index in [9.17, 15) is 14.7 Å². The van der Waals surface area contributed by atoms with Crippen LogP contribution in [0.1, 0.15) is 45.6 Å². The number of aliphatic hydroxyl groups excluding tert-OH is 1. The van der Waals surface area contributed by atoms with E-state index in [0.29, 0.717) is 31.9 Å². The Morgan fingerprint density at radius 3 is 2.37 bits per heavy atom. The van der Waals surface area contributed by atoms with Crippen LogP contribution in [0.15, 0.2) is 78.9 Å². The highest BCUT2D eigenvalue weighted by molar-refractivity contribution is 6.03. The van der Waals surface area contributed by atoms with Crippen LogP contribution in [0.25, 0.3) is 0 Å². The lowest BCUT2D eigenvalue weighted by Gasteiger charge is -2.48. The minimum Gasteiger partial charge on any atom is -0.392 e. The summed E-state index contributed by atoms with van der Waals surface area (Å²) in [4.78, 5) is 32.3. The average molecular weight is 514 g/mol. The number of nitrogens with zero attached hydrogens (tertiary/aromatic N) is 2. The van der Waals surface area contributed by atoms with Gasteiger partial charge in [0.05, 0.1) is 31.3 Å². The zero-order valence-corrected chi connectivity index (χ0v) is 21.8. The van der Waals surface area contributed by atoms with Crippen LogP contribution < -0.4 is 5.32 Å². The Hall–Kier alpha value is -3.52. The second kappa shape index (κ2) is 11.5. The van der Waals surface area contributed by atoms with Crippen molar-refractivity contribution in [3.05, 3.63) is 107 Å². The number of fused-ring (bicyclic) bond motifs is 1. The van der Waals surface area contributed by atoms with Crippen molar-refractivity contribution in [1.82, 2.24) is 15.1 Å². The second-order valence-electron chi connectivity index (χ2n) is 10.2. The molecule has 7 heteroatoms. The third-order valence-corrected chi connectivity index (χ3v) is 7.80. The monoisotopic (exact) mass is 513 g/mol. The highest BCUT2D eigenvalue weighted by Crippen LogP contribution is 2.48. The van der Waals surface area contributed by atoms with Gasteiger partial charge in [-0.05, 0) is 35.2 Å². The zero-order valence-electron chi connectivity index (χ0n) is 21.8. The van der Waals surface area contributed by atoms with Crippen molar-refractivity contribution in [2.75, 3.05) is 39.4 Å². The van der Waals surface area contributed by atoms with E-state index in [0.717, 1.165) is 41.9 Å². The largest absolute Gasteiger partial charge is 0.392 e. The maximum Gasteiger partial charge on any atom is 0.255 e. The molecule has 38 heavy (non-hydrogen) atoms. The number of ether oxygens (including phenoxy) is 1. The maximum atomic E-state index is 14.2. The molecule has 0 saturated carbocycles. The lowest BCUT2D eigenvalue weighted by molar-refractivity contribution is -0.129. The molecule has 0 aliphatic carbocycles. The third-order valence-electron chi connectivity index (χ3n) is 7.80. The van der Waals surface area contributed by atoms with Crippen LogP contribution in [0.4, 0.5) is 0 Å². The van der Waals surface area contributed by atoms with E-state index in [-0.39, 0.29) is 18.4 Å². The predicted octanol–water partition coefficient (Wildman–Crippen LogP) is 3.28. The van der Waals surface area contributed by atoms with Gasteiger partial charge in [-0.25, -0.2) is 0 Å². The molecule has 2 heterocycles. The molecule has 1 fully saturated rings. The lowest BCUT2D eigenvalue weighted by Crippen LogP contribution is -2.57. The molecule has 0 aromatic heterocycles. The number of hydrogen-bond acceptors (Lipinski definition) is 5. The molecule has 0 unspecified atom stereocenters. The molecular formula is C31H35N3O4. The molecule has 2 aliphatic heterocycles. The van der Waals surface area contributed by atoms with Crippen molar-refractivity contribution in [2.45, 2.75) is 31.5 Å². The van der Waals surface area contributed by atoms with Crippen molar-refractivity contribution in [3.8, 4) is 0 Å². The number of hydrogen-bond donors (Lipinski definition) is 2. The highest BCUT2D eigenvalue weighted by Gasteiger charge is 2.53. The van der Waals surface area contributed by atoms with Gasteiger partial charge in [0.15, 0.2) is 0 Å². The smallest absolute Gasteiger partial charge is 0.255 e. The van der Waals surface area contributed by atoms with Crippen molar-refractivity contribution in [1.29, 1.82) is 0 Å². The van der Waals surface area contributed by atoms with Gasteiger partial charge >= 0.3 is 0 Å². The van der Waals surface area contributed by atoms with E-state index in [2.05, 4.69) is 10.2 Å². The van der Waals surface area contributed by atoms with Crippen molar-refractivity contribution >= 4 is 11.8 Å². The number of morpholine rings is 1. The molecule has 3 aromatic rings. The topological polar surface area (TPSA) is 82.1 Å². The number of amides is 2. The van der Waals surface area contributed by atoms with Crippen LogP contribution in [0.3, 0.4) is 0 Å². The van der Waals surface area contributed by atoms with Gasteiger partial charge in [0.25, 0.3) is 5.91 Å². The normalized spacial score (nSPS) is 21.7. The van der Waals surface area contributed by atoms with Crippen molar-refractivity contribution in [2.24, 2.45) is 0 Å². The first-order chi connectivity index (χ1) is 18.5. The number of aliphatic hydroxyl groups is 1. The van der Waals surface area contributed by atoms with Crippen LogP contribution in [0.2, 0.25) is 0 Å². The quantitative estimate of drug-likeness (QED) is 0.483. The van der Waals surface area contributed by atoms with E-state index < -0.39 is 11.5 Å². The Bertz CT molecular complexity index is 1260. The third kappa shape index (κ3) is 5.10. The van der Waals surface area contributed by atoms with E-state index in [4.69, 9.17) is 4.74 Å². The molecule has 198 valence electrons.